The molecule has 0 bridgehead atoms. The zero-order chi connectivity index (χ0) is 30.9. The number of carboxylic acid groups (broad SMARTS) is 1. The number of fused-ring (bicyclic) bond motifs is 5. The lowest BCUT2D eigenvalue weighted by atomic mass is 9.44. The van der Waals surface area contributed by atoms with Crippen LogP contribution in [0.5, 0.6) is 0 Å². The van der Waals surface area contributed by atoms with Crippen LogP contribution in [0.3, 0.4) is 0 Å². The topological polar surface area (TPSA) is 168 Å². The van der Waals surface area contributed by atoms with Gasteiger partial charge in [-0.2, -0.15) is 0 Å². The lowest BCUT2D eigenvalue weighted by Crippen LogP contribution is -2.54. The lowest BCUT2D eigenvalue weighted by Gasteiger charge is -2.61. The molecule has 4 N–H and O–H groups in total. The van der Waals surface area contributed by atoms with Gasteiger partial charge in [0.15, 0.2) is 0 Å². The fraction of sp³-hybridized carbons (Fsp3) is 0.903. The average Bonchev–Trinajstić information content (AvgIpc) is 3.26. The van der Waals surface area contributed by atoms with Crippen LogP contribution in [0.25, 0.3) is 0 Å². The van der Waals surface area contributed by atoms with Gasteiger partial charge in [0.2, 0.25) is 6.79 Å². The number of aliphatic hydroxyl groups is 1. The predicted molar refractivity (Wildman–Crippen MR) is 154 cm³/mol. The predicted octanol–water partition coefficient (Wildman–Crippen LogP) is 5.13. The van der Waals surface area contributed by atoms with E-state index in [1.165, 1.54) is 38.5 Å². The fourth-order valence-electron chi connectivity index (χ4n) is 9.93. The summed E-state index contributed by atoms with van der Waals surface area (Å²) in [6, 6.07) is 0. The van der Waals surface area contributed by atoms with E-state index in [0.29, 0.717) is 29.6 Å². The maximum Gasteiger partial charge on any atom is 0.326 e. The van der Waals surface area contributed by atoms with Gasteiger partial charge in [0.05, 0.1) is 18.2 Å². The van der Waals surface area contributed by atoms with E-state index in [2.05, 4.69) is 20.8 Å². The fourth-order valence-corrected chi connectivity index (χ4v) is 10.8. The summed E-state index contributed by atoms with van der Waals surface area (Å²) < 4.78 is 21.1. The molecule has 6 unspecified atom stereocenters. The molecular weight excluding hydrogens is 563 g/mol. The van der Waals surface area contributed by atoms with Crippen LogP contribution < -0.4 is 0 Å². The van der Waals surface area contributed by atoms with Crippen molar-refractivity contribution in [3.63, 3.8) is 0 Å². The number of hydrogen-bond acceptors (Lipinski definition) is 7. The van der Waals surface area contributed by atoms with Gasteiger partial charge in [-0.3, -0.25) is 18.9 Å². The molecule has 0 spiro atoms. The van der Waals surface area contributed by atoms with Crippen molar-refractivity contribution in [1.29, 1.82) is 0 Å². The van der Waals surface area contributed by atoms with E-state index in [4.69, 9.17) is 24.4 Å². The van der Waals surface area contributed by atoms with Gasteiger partial charge in [0.25, 0.3) is 0 Å². The number of hydrogen-bond donors (Lipinski definition) is 4. The van der Waals surface area contributed by atoms with Crippen molar-refractivity contribution >= 4 is 25.5 Å². The first-order chi connectivity index (χ1) is 19.6. The van der Waals surface area contributed by atoms with Gasteiger partial charge in [-0.25, -0.2) is 0 Å². The smallest absolute Gasteiger partial charge is 0.326 e. The zero-order valence-corrected chi connectivity index (χ0v) is 26.3. The van der Waals surface area contributed by atoms with Crippen LogP contribution in [-0.4, -0.2) is 57.0 Å². The minimum atomic E-state index is -4.53. The van der Waals surface area contributed by atoms with Crippen molar-refractivity contribution in [3.8, 4) is 0 Å². The second-order valence-electron chi connectivity index (χ2n) is 14.4. The highest BCUT2D eigenvalue weighted by atomic mass is 31.2. The van der Waals surface area contributed by atoms with Crippen molar-refractivity contribution in [1.82, 2.24) is 0 Å². The normalized spacial score (nSPS) is 37.5. The number of rotatable bonds is 12. The molecule has 42 heavy (non-hydrogen) atoms. The Bertz CT molecular complexity index is 1040. The van der Waals surface area contributed by atoms with Crippen molar-refractivity contribution in [2.24, 2.45) is 52.3 Å². The van der Waals surface area contributed by atoms with Crippen molar-refractivity contribution in [2.75, 3.05) is 13.0 Å². The Labute approximate surface area is 249 Å². The molecule has 0 aromatic rings. The maximum atomic E-state index is 12.4. The Morgan fingerprint density at radius 2 is 1.50 bits per heavy atom. The Balaban J connectivity index is 1.20. The van der Waals surface area contributed by atoms with Crippen molar-refractivity contribution in [2.45, 2.75) is 110 Å². The monoisotopic (exact) mass is 614 g/mol. The summed E-state index contributed by atoms with van der Waals surface area (Å²) in [5.74, 6) is -0.176. The molecule has 0 saturated heterocycles. The Morgan fingerprint density at radius 3 is 2.14 bits per heavy atom. The van der Waals surface area contributed by atoms with Crippen LogP contribution in [0.1, 0.15) is 104 Å². The summed E-state index contributed by atoms with van der Waals surface area (Å²) >= 11 is 0. The minimum Gasteiger partial charge on any atom is -0.481 e. The van der Waals surface area contributed by atoms with Crippen LogP contribution in [0, 0.1) is 52.3 Å². The minimum absolute atomic E-state index is 0.122. The molecule has 10 nitrogen and oxygen atoms in total. The molecule has 10 atom stereocenters. The number of esters is 2. The highest BCUT2D eigenvalue weighted by molar-refractivity contribution is 7.51. The second-order valence-corrected chi connectivity index (χ2v) is 16.1. The number of aliphatic hydroxyl groups excluding tert-OH is 1. The van der Waals surface area contributed by atoms with E-state index in [-0.39, 0.29) is 30.8 Å². The molecule has 0 aromatic carbocycles. The summed E-state index contributed by atoms with van der Waals surface area (Å²) in [7, 11) is -4.53. The summed E-state index contributed by atoms with van der Waals surface area (Å²) in [6.07, 6.45) is 9.87. The zero-order valence-electron chi connectivity index (χ0n) is 25.4. The van der Waals surface area contributed by atoms with Crippen LogP contribution in [0.4, 0.5) is 0 Å². The quantitative estimate of drug-likeness (QED) is 0.131. The molecule has 0 radical (unpaired) electrons. The first-order valence-corrected chi connectivity index (χ1v) is 17.7. The summed E-state index contributed by atoms with van der Waals surface area (Å²) in [4.78, 5) is 53.5. The molecule has 0 aliphatic heterocycles. The largest absolute Gasteiger partial charge is 0.481 e. The number of aliphatic carboxylic acids is 1. The number of carboxylic acids is 1. The third kappa shape index (κ3) is 7.41. The van der Waals surface area contributed by atoms with Gasteiger partial charge in [0, 0.05) is 12.8 Å². The number of ether oxygens (including phenoxy) is 2. The van der Waals surface area contributed by atoms with Crippen LogP contribution in [0.2, 0.25) is 0 Å². The molecule has 4 aliphatic carbocycles. The van der Waals surface area contributed by atoms with Crippen molar-refractivity contribution < 1.29 is 48.4 Å². The Kier molecular flexibility index (Phi) is 10.5. The summed E-state index contributed by atoms with van der Waals surface area (Å²) in [5.41, 5.74) is 0.645. The molecule has 4 saturated carbocycles. The van der Waals surface area contributed by atoms with E-state index in [1.54, 1.807) is 0 Å². The van der Waals surface area contributed by atoms with Gasteiger partial charge < -0.3 is 29.5 Å². The average molecular weight is 615 g/mol. The van der Waals surface area contributed by atoms with Crippen LogP contribution in [-0.2, 0) is 28.4 Å². The van der Waals surface area contributed by atoms with E-state index in [1.807, 2.05) is 0 Å². The third-order valence-corrected chi connectivity index (χ3v) is 13.1. The molecule has 4 fully saturated rings. The Morgan fingerprint density at radius 1 is 0.881 bits per heavy atom. The molecule has 240 valence electrons. The van der Waals surface area contributed by atoms with Crippen LogP contribution >= 0.6 is 7.60 Å². The van der Waals surface area contributed by atoms with Gasteiger partial charge >= 0.3 is 25.5 Å². The summed E-state index contributed by atoms with van der Waals surface area (Å²) in [6.45, 7) is 6.69. The standard InChI is InChI=1S/C31H51O10P/c1-19(4-10-27(33)40-18-41-28(34)11-5-20(29(35)36)17-42(37,38)39)24-8-9-25-23-7-6-21-16-22(32)12-14-30(21,2)26(23)13-15-31(24,25)3/h19-26,32H,4-18H2,1-3H3,(H,35,36)(H2,37,38,39)/t19-,20?,21?,22-,23?,24?,25?,26?,30+,31-/m1/s1. The molecule has 0 aromatic heterocycles. The van der Waals surface area contributed by atoms with E-state index in [0.717, 1.165) is 37.0 Å². The Hall–Kier alpha value is -1.48. The van der Waals surface area contributed by atoms with Gasteiger partial charge in [-0.05, 0) is 117 Å². The van der Waals surface area contributed by atoms with Gasteiger partial charge in [-0.1, -0.05) is 20.8 Å². The molecule has 0 heterocycles. The lowest BCUT2D eigenvalue weighted by molar-refractivity contribution is -0.167. The highest BCUT2D eigenvalue weighted by Gasteiger charge is 2.60. The van der Waals surface area contributed by atoms with Gasteiger partial charge in [-0.15, -0.1) is 0 Å². The third-order valence-electron chi connectivity index (χ3n) is 12.1. The first-order valence-electron chi connectivity index (χ1n) is 15.9. The maximum absolute atomic E-state index is 12.4. The van der Waals surface area contributed by atoms with E-state index >= 15 is 0 Å². The molecule has 4 rings (SSSR count). The first kappa shape index (κ1) is 33.4. The summed E-state index contributed by atoms with van der Waals surface area (Å²) in [5, 5.41) is 19.4. The van der Waals surface area contributed by atoms with Gasteiger partial charge in [0.1, 0.15) is 0 Å². The molecule has 4 aliphatic rings. The molecular formula is C31H51O10P. The van der Waals surface area contributed by atoms with Crippen LogP contribution in [0.15, 0.2) is 0 Å². The molecule has 0 amide bonds. The van der Waals surface area contributed by atoms with E-state index < -0.39 is 44.4 Å². The van der Waals surface area contributed by atoms with E-state index in [9.17, 15) is 24.1 Å². The number of carbonyl (C=O) groups excluding carboxylic acids is 2. The van der Waals surface area contributed by atoms with Crippen molar-refractivity contribution in [3.05, 3.63) is 0 Å². The highest BCUT2D eigenvalue weighted by Crippen LogP contribution is 2.68. The second kappa shape index (κ2) is 13.3. The SMILES string of the molecule is C[C@H](CCC(=O)OCOC(=O)CCC(CP(=O)(O)O)C(=O)O)C1CCC2C3CCC4C[C@H](O)CC[C@]4(C)C3CC[C@@]21C. The number of carbonyl (C=O) groups is 3. The molecule has 11 heteroatoms.